The SMILES string of the molecule is CC(C)Oc1cccc(C(O)CCCc2cccs2)c1. The van der Waals surface area contributed by atoms with Crippen LogP contribution in [0, 0.1) is 0 Å². The van der Waals surface area contributed by atoms with Gasteiger partial charge in [0, 0.05) is 4.88 Å². The number of aliphatic hydroxyl groups is 1. The highest BCUT2D eigenvalue weighted by molar-refractivity contribution is 7.09. The molecule has 1 N–H and O–H groups in total. The number of hydrogen-bond acceptors (Lipinski definition) is 3. The van der Waals surface area contributed by atoms with E-state index in [2.05, 4.69) is 17.5 Å². The van der Waals surface area contributed by atoms with Gasteiger partial charge in [-0.3, -0.25) is 0 Å². The third-order valence-electron chi connectivity index (χ3n) is 3.10. The molecule has 2 rings (SSSR count). The lowest BCUT2D eigenvalue weighted by atomic mass is 10.0. The zero-order valence-electron chi connectivity index (χ0n) is 12.1. The van der Waals surface area contributed by atoms with Gasteiger partial charge in [-0.1, -0.05) is 18.2 Å². The molecule has 0 saturated carbocycles. The van der Waals surface area contributed by atoms with E-state index < -0.39 is 6.10 Å². The average Bonchev–Trinajstić information content (AvgIpc) is 2.91. The molecule has 1 heterocycles. The molecule has 20 heavy (non-hydrogen) atoms. The predicted molar refractivity (Wildman–Crippen MR) is 84.4 cm³/mol. The van der Waals surface area contributed by atoms with Crippen LogP contribution in [0.1, 0.15) is 43.2 Å². The standard InChI is InChI=1S/C17H22O2S/c1-13(2)19-15-7-3-6-14(12-15)17(18)10-4-8-16-9-5-11-20-16/h3,5-7,9,11-13,17-18H,4,8,10H2,1-2H3. The third kappa shape index (κ3) is 4.66. The Kier molecular flexibility index (Phi) is 5.62. The van der Waals surface area contributed by atoms with Crippen molar-refractivity contribution in [3.05, 3.63) is 52.2 Å². The topological polar surface area (TPSA) is 29.5 Å². The van der Waals surface area contributed by atoms with Gasteiger partial charge in [-0.25, -0.2) is 0 Å². The van der Waals surface area contributed by atoms with Gasteiger partial charge in [0.2, 0.25) is 0 Å². The van der Waals surface area contributed by atoms with E-state index in [9.17, 15) is 5.11 Å². The van der Waals surface area contributed by atoms with E-state index in [1.165, 1.54) is 4.88 Å². The maximum atomic E-state index is 10.3. The molecule has 0 spiro atoms. The van der Waals surface area contributed by atoms with Gasteiger partial charge in [-0.05, 0) is 62.3 Å². The van der Waals surface area contributed by atoms with Crippen molar-refractivity contribution in [3.8, 4) is 5.75 Å². The van der Waals surface area contributed by atoms with Crippen molar-refractivity contribution in [2.45, 2.75) is 45.3 Å². The number of hydrogen-bond donors (Lipinski definition) is 1. The Balaban J connectivity index is 1.86. The molecule has 0 fully saturated rings. The molecular formula is C17H22O2S. The minimum Gasteiger partial charge on any atom is -0.491 e. The van der Waals surface area contributed by atoms with Crippen LogP contribution in [-0.4, -0.2) is 11.2 Å². The molecule has 0 radical (unpaired) electrons. The van der Waals surface area contributed by atoms with Crippen LogP contribution in [0.25, 0.3) is 0 Å². The molecule has 2 aromatic rings. The fourth-order valence-corrected chi connectivity index (χ4v) is 2.91. The Labute approximate surface area is 125 Å². The summed E-state index contributed by atoms with van der Waals surface area (Å²) in [5.41, 5.74) is 0.939. The van der Waals surface area contributed by atoms with Crippen molar-refractivity contribution < 1.29 is 9.84 Å². The second kappa shape index (κ2) is 7.46. The summed E-state index contributed by atoms with van der Waals surface area (Å²) in [6.45, 7) is 4.01. The Morgan fingerprint density at radius 3 is 2.75 bits per heavy atom. The van der Waals surface area contributed by atoms with E-state index in [-0.39, 0.29) is 6.10 Å². The maximum Gasteiger partial charge on any atom is 0.120 e. The summed E-state index contributed by atoms with van der Waals surface area (Å²) in [4.78, 5) is 1.38. The number of aryl methyl sites for hydroxylation is 1. The number of rotatable bonds is 7. The van der Waals surface area contributed by atoms with E-state index in [4.69, 9.17) is 4.74 Å². The van der Waals surface area contributed by atoms with Crippen molar-refractivity contribution in [1.29, 1.82) is 0 Å². The molecule has 0 bridgehead atoms. The molecule has 1 aromatic heterocycles. The van der Waals surface area contributed by atoms with Crippen LogP contribution in [0.2, 0.25) is 0 Å². The molecule has 0 aliphatic carbocycles. The summed E-state index contributed by atoms with van der Waals surface area (Å²) in [6, 6.07) is 12.0. The van der Waals surface area contributed by atoms with E-state index in [1.54, 1.807) is 11.3 Å². The smallest absolute Gasteiger partial charge is 0.120 e. The second-order valence-corrected chi connectivity index (χ2v) is 6.26. The van der Waals surface area contributed by atoms with Crippen LogP contribution in [0.15, 0.2) is 41.8 Å². The van der Waals surface area contributed by atoms with Gasteiger partial charge in [-0.15, -0.1) is 11.3 Å². The van der Waals surface area contributed by atoms with Crippen molar-refractivity contribution in [1.82, 2.24) is 0 Å². The summed E-state index contributed by atoms with van der Waals surface area (Å²) in [6.07, 6.45) is 2.56. The van der Waals surface area contributed by atoms with E-state index >= 15 is 0 Å². The Morgan fingerprint density at radius 1 is 1.20 bits per heavy atom. The Hall–Kier alpha value is -1.32. The van der Waals surface area contributed by atoms with Crippen molar-refractivity contribution in [2.75, 3.05) is 0 Å². The average molecular weight is 290 g/mol. The van der Waals surface area contributed by atoms with E-state index in [1.807, 2.05) is 38.1 Å². The first-order valence-corrected chi connectivity index (χ1v) is 8.00. The Morgan fingerprint density at radius 2 is 2.05 bits per heavy atom. The molecule has 2 nitrogen and oxygen atoms in total. The summed E-state index contributed by atoms with van der Waals surface area (Å²) in [5, 5.41) is 12.4. The zero-order chi connectivity index (χ0) is 14.4. The number of aliphatic hydroxyl groups excluding tert-OH is 1. The highest BCUT2D eigenvalue weighted by atomic mass is 32.1. The quantitative estimate of drug-likeness (QED) is 0.808. The Bertz CT molecular complexity index is 505. The molecule has 0 amide bonds. The first-order chi connectivity index (χ1) is 9.65. The fraction of sp³-hybridized carbons (Fsp3) is 0.412. The molecule has 1 aromatic carbocycles. The predicted octanol–water partition coefficient (Wildman–Crippen LogP) is 4.59. The van der Waals surface area contributed by atoms with Crippen LogP contribution in [0.5, 0.6) is 5.75 Å². The molecule has 0 aliphatic rings. The summed E-state index contributed by atoms with van der Waals surface area (Å²) >= 11 is 1.78. The summed E-state index contributed by atoms with van der Waals surface area (Å²) < 4.78 is 5.66. The lowest BCUT2D eigenvalue weighted by molar-refractivity contribution is 0.163. The molecule has 1 unspecified atom stereocenters. The normalized spacial score (nSPS) is 12.6. The van der Waals surface area contributed by atoms with Crippen LogP contribution in [-0.2, 0) is 6.42 Å². The lowest BCUT2D eigenvalue weighted by Crippen LogP contribution is -2.06. The van der Waals surface area contributed by atoms with Crippen molar-refractivity contribution in [2.24, 2.45) is 0 Å². The number of ether oxygens (including phenoxy) is 1. The first kappa shape index (κ1) is 15.1. The van der Waals surface area contributed by atoms with Crippen LogP contribution in [0.4, 0.5) is 0 Å². The summed E-state index contributed by atoms with van der Waals surface area (Å²) in [5.74, 6) is 0.829. The van der Waals surface area contributed by atoms with Crippen LogP contribution < -0.4 is 4.74 Å². The number of thiophene rings is 1. The van der Waals surface area contributed by atoms with Crippen molar-refractivity contribution in [3.63, 3.8) is 0 Å². The summed E-state index contributed by atoms with van der Waals surface area (Å²) in [7, 11) is 0. The third-order valence-corrected chi connectivity index (χ3v) is 4.03. The van der Waals surface area contributed by atoms with Gasteiger partial charge in [0.1, 0.15) is 5.75 Å². The van der Waals surface area contributed by atoms with Gasteiger partial charge in [0.25, 0.3) is 0 Å². The minimum atomic E-state index is -0.411. The highest BCUT2D eigenvalue weighted by Gasteiger charge is 2.09. The highest BCUT2D eigenvalue weighted by Crippen LogP contribution is 2.24. The van der Waals surface area contributed by atoms with Gasteiger partial charge in [-0.2, -0.15) is 0 Å². The van der Waals surface area contributed by atoms with Gasteiger partial charge in [0.15, 0.2) is 0 Å². The molecule has 1 atom stereocenters. The van der Waals surface area contributed by atoms with E-state index in [0.717, 1.165) is 30.6 Å². The zero-order valence-corrected chi connectivity index (χ0v) is 12.9. The molecule has 0 saturated heterocycles. The van der Waals surface area contributed by atoms with Crippen LogP contribution in [0.3, 0.4) is 0 Å². The minimum absolute atomic E-state index is 0.154. The first-order valence-electron chi connectivity index (χ1n) is 7.12. The molecular weight excluding hydrogens is 268 g/mol. The van der Waals surface area contributed by atoms with Gasteiger partial charge >= 0.3 is 0 Å². The molecule has 0 aliphatic heterocycles. The molecule has 3 heteroatoms. The van der Waals surface area contributed by atoms with Crippen molar-refractivity contribution >= 4 is 11.3 Å². The fourth-order valence-electron chi connectivity index (χ4n) is 2.16. The molecule has 108 valence electrons. The number of benzene rings is 1. The van der Waals surface area contributed by atoms with Gasteiger partial charge < -0.3 is 9.84 Å². The van der Waals surface area contributed by atoms with Gasteiger partial charge in [0.05, 0.1) is 12.2 Å². The second-order valence-electron chi connectivity index (χ2n) is 5.23. The largest absolute Gasteiger partial charge is 0.491 e. The van der Waals surface area contributed by atoms with Crippen LogP contribution >= 0.6 is 11.3 Å². The lowest BCUT2D eigenvalue weighted by Gasteiger charge is -2.14. The monoisotopic (exact) mass is 290 g/mol. The van der Waals surface area contributed by atoms with E-state index in [0.29, 0.717) is 0 Å². The maximum absolute atomic E-state index is 10.3.